The third-order valence-corrected chi connectivity index (χ3v) is 7.84. The summed E-state index contributed by atoms with van der Waals surface area (Å²) in [5.41, 5.74) is 5.17. The molecule has 0 unspecified atom stereocenters. The van der Waals surface area contributed by atoms with Crippen LogP contribution in [-0.2, 0) is 5.41 Å². The van der Waals surface area contributed by atoms with Gasteiger partial charge >= 0.3 is 0 Å². The molecule has 7 aromatic rings. The Kier molecular flexibility index (Phi) is 3.39. The van der Waals surface area contributed by atoms with Crippen LogP contribution in [0.3, 0.4) is 0 Å². The Morgan fingerprint density at radius 1 is 0.711 bits per heavy atom. The maximum absolute atomic E-state index is 8.88. The summed E-state index contributed by atoms with van der Waals surface area (Å²) < 4.78 is 44.9. The van der Waals surface area contributed by atoms with Gasteiger partial charge in [0.2, 0.25) is 5.95 Å². The minimum atomic E-state index is -0.517. The maximum Gasteiger partial charge on any atom is 0.235 e. The molecule has 0 amide bonds. The average Bonchev–Trinajstić information content (AvgIpc) is 3.46. The Morgan fingerprint density at radius 3 is 2.26 bits per heavy atom. The van der Waals surface area contributed by atoms with Gasteiger partial charge in [-0.2, -0.15) is 0 Å². The molecule has 3 nitrogen and oxygen atoms in total. The Labute approximate surface area is 228 Å². The second-order valence-electron chi connectivity index (χ2n) is 10.3. The summed E-state index contributed by atoms with van der Waals surface area (Å²) in [4.78, 5) is 10.4. The first-order valence-electron chi connectivity index (χ1n) is 15.2. The number of rotatable bonds is 2. The highest BCUT2D eigenvalue weighted by molar-refractivity contribution is 6.13. The minimum Gasteiger partial charge on any atom is -0.278 e. The van der Waals surface area contributed by atoms with Crippen molar-refractivity contribution >= 4 is 32.6 Å². The number of para-hydroxylation sites is 1. The highest BCUT2D eigenvalue weighted by Crippen LogP contribution is 2.51. The fourth-order valence-corrected chi connectivity index (χ4v) is 6.05. The zero-order chi connectivity index (χ0) is 29.8. The summed E-state index contributed by atoms with van der Waals surface area (Å²) in [5.74, 6) is 0.392. The van der Waals surface area contributed by atoms with Gasteiger partial charge in [-0.25, -0.2) is 9.97 Å². The van der Waals surface area contributed by atoms with Gasteiger partial charge in [0, 0.05) is 27.3 Å². The quantitative estimate of drug-likeness (QED) is 0.242. The first-order chi connectivity index (χ1) is 20.7. The number of hydrogen-bond acceptors (Lipinski definition) is 2. The molecule has 180 valence electrons. The normalized spacial score (nSPS) is 15.6. The van der Waals surface area contributed by atoms with Gasteiger partial charge in [0.1, 0.15) is 0 Å². The van der Waals surface area contributed by atoms with E-state index in [1.54, 1.807) is 0 Å². The van der Waals surface area contributed by atoms with Crippen molar-refractivity contribution in [2.45, 2.75) is 19.3 Å². The fraction of sp³-hybridized carbons (Fsp3) is 0.0857. The van der Waals surface area contributed by atoms with Gasteiger partial charge in [-0.1, -0.05) is 111 Å². The lowest BCUT2D eigenvalue weighted by Gasteiger charge is -2.21. The molecule has 0 atom stereocenters. The third kappa shape index (κ3) is 2.84. The maximum atomic E-state index is 8.88. The van der Waals surface area contributed by atoms with Crippen LogP contribution in [-0.4, -0.2) is 14.5 Å². The number of fused-ring (bicyclic) bond motifs is 7. The molecule has 0 N–H and O–H groups in total. The molecule has 0 bridgehead atoms. The molecule has 38 heavy (non-hydrogen) atoms. The molecule has 2 aromatic heterocycles. The molecule has 0 radical (unpaired) electrons. The van der Waals surface area contributed by atoms with Crippen LogP contribution in [0.25, 0.3) is 60.9 Å². The zero-order valence-corrected chi connectivity index (χ0v) is 20.9. The lowest BCUT2D eigenvalue weighted by molar-refractivity contribution is 0.632. The standard InChI is InChI=1S/C35H25N3/c1-35(2)28-18-10-8-17-26(28)31-32(22-12-4-3-5-13-22)36-34(37-33(31)35)38-29-19-11-9-16-25(29)27-20-23-14-6-7-15-24(23)21-30(27)38/h3-21H,1-2H3/i3D,4D,5D,12D,13D. The summed E-state index contributed by atoms with van der Waals surface area (Å²) in [6, 6.07) is 26.9. The predicted octanol–water partition coefficient (Wildman–Crippen LogP) is 8.70. The SMILES string of the molecule is [2H]c1c([2H])c([2H])c(-c2nc(-n3c4ccccc4c4cc5ccccc5cc43)nc3c2-c2ccccc2C3(C)C)c([2H])c1[2H]. The van der Waals surface area contributed by atoms with Crippen LogP contribution in [0.2, 0.25) is 0 Å². The average molecular weight is 493 g/mol. The van der Waals surface area contributed by atoms with E-state index in [2.05, 4.69) is 50.2 Å². The van der Waals surface area contributed by atoms with Crippen molar-refractivity contribution in [3.8, 4) is 28.3 Å². The van der Waals surface area contributed by atoms with Crippen molar-refractivity contribution in [1.29, 1.82) is 0 Å². The van der Waals surface area contributed by atoms with E-state index in [0.29, 0.717) is 17.2 Å². The number of nitrogens with zero attached hydrogens (tertiary/aromatic N) is 3. The van der Waals surface area contributed by atoms with Gasteiger partial charge in [-0.05, 0) is 40.1 Å². The molecule has 1 aliphatic carbocycles. The Morgan fingerprint density at radius 2 is 1.42 bits per heavy atom. The highest BCUT2D eigenvalue weighted by atomic mass is 15.2. The van der Waals surface area contributed by atoms with E-state index in [1.165, 1.54) is 0 Å². The van der Waals surface area contributed by atoms with E-state index in [9.17, 15) is 0 Å². The predicted molar refractivity (Wildman–Crippen MR) is 157 cm³/mol. The molecule has 1 aliphatic rings. The summed E-state index contributed by atoms with van der Waals surface area (Å²) >= 11 is 0. The summed E-state index contributed by atoms with van der Waals surface area (Å²) in [5, 5.41) is 4.33. The van der Waals surface area contributed by atoms with Crippen molar-refractivity contribution in [2.75, 3.05) is 0 Å². The monoisotopic (exact) mass is 492 g/mol. The number of benzene rings is 5. The largest absolute Gasteiger partial charge is 0.278 e. The van der Waals surface area contributed by atoms with Crippen LogP contribution in [0.1, 0.15) is 32.0 Å². The topological polar surface area (TPSA) is 30.7 Å². The van der Waals surface area contributed by atoms with Crippen molar-refractivity contribution in [3.05, 3.63) is 126 Å². The van der Waals surface area contributed by atoms with E-state index < -0.39 is 23.5 Å². The van der Waals surface area contributed by atoms with Crippen molar-refractivity contribution in [2.24, 2.45) is 0 Å². The van der Waals surface area contributed by atoms with Gasteiger partial charge in [0.25, 0.3) is 0 Å². The van der Waals surface area contributed by atoms with Gasteiger partial charge in [0.05, 0.1) is 29.3 Å². The van der Waals surface area contributed by atoms with E-state index in [4.69, 9.17) is 16.8 Å². The zero-order valence-electron chi connectivity index (χ0n) is 25.9. The van der Waals surface area contributed by atoms with Crippen LogP contribution < -0.4 is 0 Å². The fourth-order valence-electron chi connectivity index (χ4n) is 6.05. The van der Waals surface area contributed by atoms with E-state index in [0.717, 1.165) is 49.4 Å². The molecule has 0 saturated carbocycles. The third-order valence-electron chi connectivity index (χ3n) is 7.84. The van der Waals surface area contributed by atoms with Crippen molar-refractivity contribution in [1.82, 2.24) is 14.5 Å². The van der Waals surface area contributed by atoms with Gasteiger partial charge < -0.3 is 0 Å². The molecule has 0 fully saturated rings. The molecule has 2 heterocycles. The number of aromatic nitrogens is 3. The van der Waals surface area contributed by atoms with Crippen molar-refractivity contribution < 1.29 is 6.85 Å². The second-order valence-corrected chi connectivity index (χ2v) is 10.3. The van der Waals surface area contributed by atoms with E-state index in [-0.39, 0.29) is 17.6 Å². The van der Waals surface area contributed by atoms with Crippen LogP contribution in [0.5, 0.6) is 0 Å². The molecule has 0 aliphatic heterocycles. The Balaban J connectivity index is 1.56. The van der Waals surface area contributed by atoms with E-state index in [1.807, 2.05) is 53.1 Å². The lowest BCUT2D eigenvalue weighted by Crippen LogP contribution is -2.18. The first-order valence-corrected chi connectivity index (χ1v) is 12.7. The molecular formula is C35H25N3. The first kappa shape index (κ1) is 16.9. The lowest BCUT2D eigenvalue weighted by atomic mass is 9.85. The van der Waals surface area contributed by atoms with Gasteiger partial charge in [0.15, 0.2) is 0 Å². The smallest absolute Gasteiger partial charge is 0.235 e. The molecule has 0 spiro atoms. The number of hydrogen-bond donors (Lipinski definition) is 0. The molecule has 0 saturated heterocycles. The van der Waals surface area contributed by atoms with E-state index >= 15 is 0 Å². The molecule has 3 heteroatoms. The molecule has 5 aromatic carbocycles. The minimum absolute atomic E-state index is 0.0737. The van der Waals surface area contributed by atoms with Crippen LogP contribution in [0, 0.1) is 0 Å². The van der Waals surface area contributed by atoms with Crippen LogP contribution in [0.4, 0.5) is 0 Å². The molecular weight excluding hydrogens is 462 g/mol. The highest BCUT2D eigenvalue weighted by Gasteiger charge is 2.39. The summed E-state index contributed by atoms with van der Waals surface area (Å²) in [7, 11) is 0. The van der Waals surface area contributed by atoms with Crippen molar-refractivity contribution in [3.63, 3.8) is 0 Å². The van der Waals surface area contributed by atoms with Gasteiger partial charge in [-0.15, -0.1) is 0 Å². The summed E-state index contributed by atoms with van der Waals surface area (Å²) in [6.07, 6.45) is 0. The summed E-state index contributed by atoms with van der Waals surface area (Å²) in [6.45, 7) is 4.22. The van der Waals surface area contributed by atoms with Crippen LogP contribution >= 0.6 is 0 Å². The second kappa shape index (κ2) is 7.62. The Bertz CT molecular complexity index is 2310. The molecule has 8 rings (SSSR count). The Hall–Kier alpha value is -4.76. The van der Waals surface area contributed by atoms with Gasteiger partial charge in [-0.3, -0.25) is 4.57 Å². The van der Waals surface area contributed by atoms with Crippen LogP contribution in [0.15, 0.2) is 115 Å².